The summed E-state index contributed by atoms with van der Waals surface area (Å²) in [7, 11) is 0. The molecular formula is C63H112O6. The lowest BCUT2D eigenvalue weighted by Gasteiger charge is -2.18. The topological polar surface area (TPSA) is 78.9 Å². The van der Waals surface area contributed by atoms with Gasteiger partial charge in [0, 0.05) is 19.3 Å². The Hall–Kier alpha value is -2.89. The lowest BCUT2D eigenvalue weighted by molar-refractivity contribution is -0.167. The fourth-order valence-corrected chi connectivity index (χ4v) is 8.55. The van der Waals surface area contributed by atoms with Crippen molar-refractivity contribution >= 4 is 17.9 Å². The van der Waals surface area contributed by atoms with Gasteiger partial charge < -0.3 is 14.2 Å². The predicted molar refractivity (Wildman–Crippen MR) is 298 cm³/mol. The number of ether oxygens (including phenoxy) is 3. The van der Waals surface area contributed by atoms with Gasteiger partial charge in [-0.05, 0) is 83.5 Å². The van der Waals surface area contributed by atoms with Crippen LogP contribution in [-0.2, 0) is 28.6 Å². The molecule has 0 aromatic rings. The molecule has 0 fully saturated rings. The first kappa shape index (κ1) is 66.1. The fraction of sp³-hybridized carbons (Fsp3) is 0.794. The van der Waals surface area contributed by atoms with E-state index in [2.05, 4.69) is 81.5 Å². The van der Waals surface area contributed by atoms with Crippen molar-refractivity contribution in [3.8, 4) is 0 Å². The van der Waals surface area contributed by atoms with Crippen LogP contribution in [0.1, 0.15) is 303 Å². The zero-order chi connectivity index (χ0) is 50.0. The minimum absolute atomic E-state index is 0.0909. The highest BCUT2D eigenvalue weighted by molar-refractivity contribution is 5.71. The standard InChI is InChI=1S/C63H112O6/c1-4-7-10-13-16-19-22-25-27-28-29-30-31-32-33-34-36-38-41-44-47-50-53-56-62(65)68-59-60(58-67-61(64)55-52-49-46-43-40-37-24-21-18-15-12-9-6-3)69-63(66)57-54-51-48-45-42-39-35-26-23-20-17-14-11-8-5-2/h8,11,17,20-21,24,26,35,42,45,60H,4-7,9-10,12-16,18-19,22-23,25,27-34,36-41,43-44,46-59H2,1-3H3/b11-8-,20-17-,24-21-,35-26-,45-42-. The minimum atomic E-state index is -0.797. The largest absolute Gasteiger partial charge is 0.462 e. The number of unbranched alkanes of at least 4 members (excludes halogenated alkanes) is 33. The Morgan fingerprint density at radius 1 is 0.304 bits per heavy atom. The third kappa shape index (κ3) is 55.9. The third-order valence-corrected chi connectivity index (χ3v) is 13.0. The van der Waals surface area contributed by atoms with Crippen molar-refractivity contribution in [3.63, 3.8) is 0 Å². The minimum Gasteiger partial charge on any atom is -0.462 e. The van der Waals surface area contributed by atoms with E-state index in [1.165, 1.54) is 173 Å². The Morgan fingerprint density at radius 2 is 0.565 bits per heavy atom. The first-order valence-corrected chi connectivity index (χ1v) is 29.8. The Kier molecular flexibility index (Phi) is 55.3. The number of hydrogen-bond donors (Lipinski definition) is 0. The molecule has 1 unspecified atom stereocenters. The van der Waals surface area contributed by atoms with E-state index in [1.807, 2.05) is 0 Å². The van der Waals surface area contributed by atoms with E-state index < -0.39 is 6.10 Å². The van der Waals surface area contributed by atoms with E-state index in [4.69, 9.17) is 14.2 Å². The average Bonchev–Trinajstić information content (AvgIpc) is 3.35. The highest BCUT2D eigenvalue weighted by atomic mass is 16.6. The van der Waals surface area contributed by atoms with Crippen LogP contribution in [0.25, 0.3) is 0 Å². The molecule has 0 N–H and O–H groups in total. The maximum Gasteiger partial charge on any atom is 0.306 e. The second-order valence-electron chi connectivity index (χ2n) is 19.9. The molecule has 0 aliphatic carbocycles. The van der Waals surface area contributed by atoms with E-state index in [9.17, 15) is 14.4 Å². The Balaban J connectivity index is 4.31. The zero-order valence-electron chi connectivity index (χ0n) is 45.8. The van der Waals surface area contributed by atoms with Crippen LogP contribution >= 0.6 is 0 Å². The number of carbonyl (C=O) groups excluding carboxylic acids is 3. The molecule has 6 heteroatoms. The van der Waals surface area contributed by atoms with Crippen molar-refractivity contribution in [1.82, 2.24) is 0 Å². The van der Waals surface area contributed by atoms with Gasteiger partial charge in [0.2, 0.25) is 0 Å². The summed E-state index contributed by atoms with van der Waals surface area (Å²) in [6, 6.07) is 0. The van der Waals surface area contributed by atoms with Gasteiger partial charge in [-0.2, -0.15) is 0 Å². The molecule has 69 heavy (non-hydrogen) atoms. The molecule has 1 atom stereocenters. The molecule has 6 nitrogen and oxygen atoms in total. The van der Waals surface area contributed by atoms with E-state index >= 15 is 0 Å². The smallest absolute Gasteiger partial charge is 0.306 e. The molecule has 0 saturated carbocycles. The Labute approximate surface area is 428 Å². The summed E-state index contributed by atoms with van der Waals surface area (Å²) in [6.45, 7) is 6.50. The maximum absolute atomic E-state index is 12.8. The number of hydrogen-bond acceptors (Lipinski definition) is 6. The summed E-state index contributed by atoms with van der Waals surface area (Å²) in [5, 5.41) is 0. The van der Waals surface area contributed by atoms with E-state index in [-0.39, 0.29) is 37.5 Å². The van der Waals surface area contributed by atoms with Crippen molar-refractivity contribution in [3.05, 3.63) is 60.8 Å². The van der Waals surface area contributed by atoms with Gasteiger partial charge in [-0.1, -0.05) is 261 Å². The van der Waals surface area contributed by atoms with Crippen LogP contribution < -0.4 is 0 Å². The second-order valence-corrected chi connectivity index (χ2v) is 19.9. The summed E-state index contributed by atoms with van der Waals surface area (Å²) in [6.07, 6.45) is 72.3. The molecule has 0 aliphatic heterocycles. The van der Waals surface area contributed by atoms with Gasteiger partial charge in [0.25, 0.3) is 0 Å². The number of esters is 3. The molecule has 0 aliphatic rings. The van der Waals surface area contributed by atoms with Crippen LogP contribution in [0.2, 0.25) is 0 Å². The molecule has 0 rings (SSSR count). The molecule has 400 valence electrons. The predicted octanol–water partition coefficient (Wildman–Crippen LogP) is 20.0. The zero-order valence-corrected chi connectivity index (χ0v) is 45.8. The van der Waals surface area contributed by atoms with Crippen LogP contribution in [0.4, 0.5) is 0 Å². The van der Waals surface area contributed by atoms with Gasteiger partial charge >= 0.3 is 17.9 Å². The first-order chi connectivity index (χ1) is 34.0. The summed E-state index contributed by atoms with van der Waals surface area (Å²) in [4.78, 5) is 38.1. The molecule has 0 saturated heterocycles. The highest BCUT2D eigenvalue weighted by Gasteiger charge is 2.19. The molecule has 0 aromatic heterocycles. The fourth-order valence-electron chi connectivity index (χ4n) is 8.55. The monoisotopic (exact) mass is 965 g/mol. The van der Waals surface area contributed by atoms with E-state index in [1.54, 1.807) is 0 Å². The summed E-state index contributed by atoms with van der Waals surface area (Å²) >= 11 is 0. The van der Waals surface area contributed by atoms with Crippen molar-refractivity contribution in [2.75, 3.05) is 13.2 Å². The molecule has 0 spiro atoms. The Bertz CT molecular complexity index is 1250. The third-order valence-electron chi connectivity index (χ3n) is 13.0. The van der Waals surface area contributed by atoms with Crippen molar-refractivity contribution in [2.24, 2.45) is 0 Å². The van der Waals surface area contributed by atoms with Gasteiger partial charge in [-0.15, -0.1) is 0 Å². The number of allylic oxidation sites excluding steroid dienone is 10. The van der Waals surface area contributed by atoms with Crippen LogP contribution in [0.5, 0.6) is 0 Å². The maximum atomic E-state index is 12.8. The van der Waals surface area contributed by atoms with Crippen molar-refractivity contribution in [1.29, 1.82) is 0 Å². The molecule has 0 aromatic carbocycles. The highest BCUT2D eigenvalue weighted by Crippen LogP contribution is 2.17. The Morgan fingerprint density at radius 3 is 0.942 bits per heavy atom. The number of rotatable bonds is 54. The summed E-state index contributed by atoms with van der Waals surface area (Å²) in [5.41, 5.74) is 0. The van der Waals surface area contributed by atoms with Gasteiger partial charge in [-0.3, -0.25) is 14.4 Å². The van der Waals surface area contributed by atoms with Gasteiger partial charge in [0.1, 0.15) is 13.2 Å². The van der Waals surface area contributed by atoms with Crippen LogP contribution in [-0.4, -0.2) is 37.2 Å². The summed E-state index contributed by atoms with van der Waals surface area (Å²) < 4.78 is 16.8. The summed E-state index contributed by atoms with van der Waals surface area (Å²) in [5.74, 6) is -0.930. The molecule has 0 radical (unpaired) electrons. The average molecular weight is 966 g/mol. The quantitative estimate of drug-likeness (QED) is 0.0262. The molecule has 0 bridgehead atoms. The van der Waals surface area contributed by atoms with Crippen molar-refractivity contribution < 1.29 is 28.6 Å². The molecule has 0 amide bonds. The lowest BCUT2D eigenvalue weighted by atomic mass is 10.0. The van der Waals surface area contributed by atoms with Gasteiger partial charge in [0.05, 0.1) is 0 Å². The van der Waals surface area contributed by atoms with Crippen molar-refractivity contribution in [2.45, 2.75) is 309 Å². The van der Waals surface area contributed by atoms with Crippen LogP contribution in [0, 0.1) is 0 Å². The van der Waals surface area contributed by atoms with Gasteiger partial charge in [-0.25, -0.2) is 0 Å². The SMILES string of the molecule is CC/C=C\C/C=C\C/C=C\C/C=C\CCCCC(=O)OC(COC(=O)CCCCCCC/C=C\CCCCCC)COC(=O)CCCCCCCCCCCCCCCCCCCCCCCCC. The number of carbonyl (C=O) groups is 3. The second kappa shape index (κ2) is 57.7. The van der Waals surface area contributed by atoms with E-state index in [0.29, 0.717) is 19.3 Å². The van der Waals surface area contributed by atoms with Gasteiger partial charge in [0.15, 0.2) is 6.10 Å². The molecular weight excluding hydrogens is 853 g/mol. The normalized spacial score (nSPS) is 12.4. The molecule has 0 heterocycles. The lowest BCUT2D eigenvalue weighted by Crippen LogP contribution is -2.30. The van der Waals surface area contributed by atoms with Crippen LogP contribution in [0.15, 0.2) is 60.8 Å². The first-order valence-electron chi connectivity index (χ1n) is 29.8. The van der Waals surface area contributed by atoms with Crippen LogP contribution in [0.3, 0.4) is 0 Å². The van der Waals surface area contributed by atoms with E-state index in [0.717, 1.165) is 83.5 Å².